The molecule has 7 heteroatoms. The first-order valence-electron chi connectivity index (χ1n) is 8.20. The van der Waals surface area contributed by atoms with Gasteiger partial charge < -0.3 is 25.4 Å². The number of carbonyl (C=O) groups is 1. The fourth-order valence-electron chi connectivity index (χ4n) is 1.68. The zero-order valence-corrected chi connectivity index (χ0v) is 15.7. The minimum absolute atomic E-state index is 0.0947. The lowest BCUT2D eigenvalue weighted by molar-refractivity contribution is 0.0493. The van der Waals surface area contributed by atoms with E-state index in [4.69, 9.17) is 9.47 Å². The summed E-state index contributed by atoms with van der Waals surface area (Å²) in [7, 11) is 1.66. The van der Waals surface area contributed by atoms with Gasteiger partial charge in [0, 0.05) is 20.2 Å². The molecule has 1 unspecified atom stereocenters. The first-order valence-corrected chi connectivity index (χ1v) is 8.20. The lowest BCUT2D eigenvalue weighted by atomic mass is 10.1. The van der Waals surface area contributed by atoms with Crippen molar-refractivity contribution in [2.75, 3.05) is 33.4 Å². The predicted octanol–water partition coefficient (Wildman–Crippen LogP) is 1.74. The first-order chi connectivity index (χ1) is 10.7. The number of methoxy groups -OCH3 is 1. The zero-order valence-electron chi connectivity index (χ0n) is 15.7. The Labute approximate surface area is 140 Å². The van der Waals surface area contributed by atoms with Crippen LogP contribution in [-0.4, -0.2) is 57.0 Å². The van der Waals surface area contributed by atoms with Gasteiger partial charge in [0.1, 0.15) is 5.60 Å². The number of hydrogen-bond donors (Lipinski definition) is 3. The highest BCUT2D eigenvalue weighted by atomic mass is 16.6. The third-order valence-corrected chi connectivity index (χ3v) is 2.90. The van der Waals surface area contributed by atoms with Gasteiger partial charge in [-0.15, -0.1) is 0 Å². The van der Waals surface area contributed by atoms with Crippen molar-refractivity contribution in [2.45, 2.75) is 53.2 Å². The van der Waals surface area contributed by atoms with Gasteiger partial charge in [0.15, 0.2) is 5.96 Å². The lowest BCUT2D eigenvalue weighted by Crippen LogP contribution is -2.45. The standard InChI is InChI=1S/C16H34N4O3/c1-8-17-14(18-9-10-22-7)19-11-13(12(2)3)20-15(21)23-16(4,5)6/h12-13H,8-11H2,1-7H3,(H,20,21)(H2,17,18,19). The second-order valence-electron chi connectivity index (χ2n) is 6.64. The molecule has 0 aromatic carbocycles. The van der Waals surface area contributed by atoms with Gasteiger partial charge in [0.25, 0.3) is 0 Å². The highest BCUT2D eigenvalue weighted by molar-refractivity contribution is 5.79. The summed E-state index contributed by atoms with van der Waals surface area (Å²) in [4.78, 5) is 16.5. The van der Waals surface area contributed by atoms with Crippen LogP contribution < -0.4 is 16.0 Å². The van der Waals surface area contributed by atoms with Crippen molar-refractivity contribution >= 4 is 12.1 Å². The Balaban J connectivity index is 4.63. The average molecular weight is 330 g/mol. The number of amides is 1. The SMILES string of the molecule is CCNC(=NCC(NC(=O)OC(C)(C)C)C(C)C)NCCOC. The third kappa shape index (κ3) is 11.7. The van der Waals surface area contributed by atoms with Crippen molar-refractivity contribution in [1.82, 2.24) is 16.0 Å². The van der Waals surface area contributed by atoms with Gasteiger partial charge in [-0.05, 0) is 33.6 Å². The van der Waals surface area contributed by atoms with Crippen LogP contribution in [0, 0.1) is 5.92 Å². The summed E-state index contributed by atoms with van der Waals surface area (Å²) in [5, 5.41) is 9.23. The molecule has 0 radical (unpaired) electrons. The van der Waals surface area contributed by atoms with Crippen molar-refractivity contribution in [2.24, 2.45) is 10.9 Å². The highest BCUT2D eigenvalue weighted by Crippen LogP contribution is 2.08. The van der Waals surface area contributed by atoms with Crippen LogP contribution in [0.3, 0.4) is 0 Å². The molecule has 0 aromatic heterocycles. The summed E-state index contributed by atoms with van der Waals surface area (Å²) in [6.45, 7) is 14.2. The molecular weight excluding hydrogens is 296 g/mol. The largest absolute Gasteiger partial charge is 0.444 e. The molecule has 0 saturated carbocycles. The summed E-state index contributed by atoms with van der Waals surface area (Å²) >= 11 is 0. The van der Waals surface area contributed by atoms with E-state index in [0.717, 1.165) is 6.54 Å². The monoisotopic (exact) mass is 330 g/mol. The number of ether oxygens (including phenoxy) is 2. The van der Waals surface area contributed by atoms with Crippen LogP contribution in [0.15, 0.2) is 4.99 Å². The molecule has 0 aliphatic heterocycles. The Morgan fingerprint density at radius 3 is 2.35 bits per heavy atom. The maximum absolute atomic E-state index is 11.9. The van der Waals surface area contributed by atoms with Crippen LogP contribution in [0.25, 0.3) is 0 Å². The number of alkyl carbamates (subject to hydrolysis) is 1. The topological polar surface area (TPSA) is 84.0 Å². The Morgan fingerprint density at radius 1 is 1.22 bits per heavy atom. The number of guanidine groups is 1. The van der Waals surface area contributed by atoms with E-state index >= 15 is 0 Å². The lowest BCUT2D eigenvalue weighted by Gasteiger charge is -2.25. The minimum atomic E-state index is -0.508. The van der Waals surface area contributed by atoms with Crippen LogP contribution in [0.2, 0.25) is 0 Å². The van der Waals surface area contributed by atoms with Gasteiger partial charge >= 0.3 is 6.09 Å². The summed E-state index contributed by atoms with van der Waals surface area (Å²) in [5.74, 6) is 0.953. The summed E-state index contributed by atoms with van der Waals surface area (Å²) < 4.78 is 10.3. The van der Waals surface area contributed by atoms with Gasteiger partial charge in [0.05, 0.1) is 19.2 Å². The van der Waals surface area contributed by atoms with Crippen LogP contribution in [0.4, 0.5) is 4.79 Å². The zero-order chi connectivity index (χ0) is 17.9. The van der Waals surface area contributed by atoms with Gasteiger partial charge in [-0.1, -0.05) is 13.8 Å². The van der Waals surface area contributed by atoms with E-state index in [0.29, 0.717) is 25.7 Å². The number of carbonyl (C=O) groups excluding carboxylic acids is 1. The number of hydrogen-bond acceptors (Lipinski definition) is 4. The van der Waals surface area contributed by atoms with Crippen LogP contribution >= 0.6 is 0 Å². The molecule has 0 saturated heterocycles. The van der Waals surface area contributed by atoms with Crippen molar-refractivity contribution in [1.29, 1.82) is 0 Å². The molecule has 1 atom stereocenters. The second-order valence-corrected chi connectivity index (χ2v) is 6.64. The normalized spacial score (nSPS) is 13.7. The predicted molar refractivity (Wildman–Crippen MR) is 93.9 cm³/mol. The minimum Gasteiger partial charge on any atom is -0.444 e. The molecule has 7 nitrogen and oxygen atoms in total. The molecular formula is C16H34N4O3. The maximum Gasteiger partial charge on any atom is 0.407 e. The van der Waals surface area contributed by atoms with Crippen LogP contribution in [-0.2, 0) is 9.47 Å². The van der Waals surface area contributed by atoms with E-state index in [1.807, 2.05) is 41.5 Å². The van der Waals surface area contributed by atoms with Crippen molar-refractivity contribution in [3.8, 4) is 0 Å². The van der Waals surface area contributed by atoms with E-state index in [1.165, 1.54) is 0 Å². The Hall–Kier alpha value is -1.50. The molecule has 0 heterocycles. The average Bonchev–Trinajstić information content (AvgIpc) is 2.41. The molecule has 0 fully saturated rings. The molecule has 23 heavy (non-hydrogen) atoms. The van der Waals surface area contributed by atoms with Gasteiger partial charge in [-0.25, -0.2) is 4.79 Å². The van der Waals surface area contributed by atoms with Crippen molar-refractivity contribution in [3.63, 3.8) is 0 Å². The second kappa shape index (κ2) is 11.1. The quantitative estimate of drug-likeness (QED) is 0.359. The molecule has 3 N–H and O–H groups in total. The van der Waals surface area contributed by atoms with E-state index < -0.39 is 11.7 Å². The highest BCUT2D eigenvalue weighted by Gasteiger charge is 2.21. The molecule has 1 amide bonds. The van der Waals surface area contributed by atoms with Crippen LogP contribution in [0.5, 0.6) is 0 Å². The van der Waals surface area contributed by atoms with E-state index in [2.05, 4.69) is 20.9 Å². The smallest absolute Gasteiger partial charge is 0.407 e. The number of nitrogens with one attached hydrogen (secondary N) is 3. The molecule has 0 spiro atoms. The molecule has 136 valence electrons. The molecule has 0 aromatic rings. The van der Waals surface area contributed by atoms with E-state index in [-0.39, 0.29) is 12.0 Å². The van der Waals surface area contributed by atoms with Crippen LogP contribution in [0.1, 0.15) is 41.5 Å². The van der Waals surface area contributed by atoms with Gasteiger partial charge in [0.2, 0.25) is 0 Å². The maximum atomic E-state index is 11.9. The summed E-state index contributed by atoms with van der Waals surface area (Å²) in [5.41, 5.74) is -0.508. The van der Waals surface area contributed by atoms with Gasteiger partial charge in [-0.3, -0.25) is 4.99 Å². The van der Waals surface area contributed by atoms with E-state index in [1.54, 1.807) is 7.11 Å². The van der Waals surface area contributed by atoms with E-state index in [9.17, 15) is 4.79 Å². The number of aliphatic imine (C=N–C) groups is 1. The van der Waals surface area contributed by atoms with Crippen molar-refractivity contribution < 1.29 is 14.3 Å². The number of rotatable bonds is 8. The summed E-state index contributed by atoms with van der Waals surface area (Å²) in [6.07, 6.45) is -0.413. The fourth-order valence-corrected chi connectivity index (χ4v) is 1.68. The molecule has 0 aliphatic carbocycles. The molecule has 0 rings (SSSR count). The molecule has 0 aliphatic rings. The first kappa shape index (κ1) is 21.5. The fraction of sp³-hybridized carbons (Fsp3) is 0.875. The van der Waals surface area contributed by atoms with Gasteiger partial charge in [-0.2, -0.15) is 0 Å². The Bertz CT molecular complexity index is 365. The molecule has 0 bridgehead atoms. The summed E-state index contributed by atoms with van der Waals surface area (Å²) in [6, 6.07) is -0.0947. The van der Waals surface area contributed by atoms with Crippen molar-refractivity contribution in [3.05, 3.63) is 0 Å². The third-order valence-electron chi connectivity index (χ3n) is 2.90. The Kier molecular flexibility index (Phi) is 10.4. The Morgan fingerprint density at radius 2 is 1.87 bits per heavy atom. The number of nitrogens with zero attached hydrogens (tertiary/aromatic N) is 1.